The van der Waals surface area contributed by atoms with Crippen molar-refractivity contribution in [1.82, 2.24) is 5.32 Å². The normalized spacial score (nSPS) is 19.3. The van der Waals surface area contributed by atoms with Crippen LogP contribution in [0.5, 0.6) is 0 Å². The molecular formula is C16H29NO3. The van der Waals surface area contributed by atoms with Crippen LogP contribution in [-0.2, 0) is 9.59 Å². The molecule has 1 saturated carbocycles. The second kappa shape index (κ2) is 8.98. The molecular weight excluding hydrogens is 254 g/mol. The molecule has 0 radical (unpaired) electrons. The minimum Gasteiger partial charge on any atom is -0.480 e. The summed E-state index contributed by atoms with van der Waals surface area (Å²) in [7, 11) is 0. The van der Waals surface area contributed by atoms with E-state index in [9.17, 15) is 9.59 Å². The number of aliphatic carboxylic acids is 1. The molecule has 20 heavy (non-hydrogen) atoms. The smallest absolute Gasteiger partial charge is 0.326 e. The number of hydrogen-bond acceptors (Lipinski definition) is 2. The Morgan fingerprint density at radius 3 is 2.45 bits per heavy atom. The summed E-state index contributed by atoms with van der Waals surface area (Å²) in [5.74, 6) is -0.301. The van der Waals surface area contributed by atoms with Crippen molar-refractivity contribution in [2.75, 3.05) is 0 Å². The van der Waals surface area contributed by atoms with Crippen LogP contribution in [0.1, 0.15) is 71.6 Å². The van der Waals surface area contributed by atoms with Crippen molar-refractivity contribution in [2.24, 2.45) is 11.8 Å². The largest absolute Gasteiger partial charge is 0.480 e. The minimum absolute atomic E-state index is 0.0326. The summed E-state index contributed by atoms with van der Waals surface area (Å²) >= 11 is 0. The van der Waals surface area contributed by atoms with E-state index in [1.807, 2.05) is 13.8 Å². The van der Waals surface area contributed by atoms with E-state index >= 15 is 0 Å². The van der Waals surface area contributed by atoms with E-state index in [2.05, 4.69) is 5.32 Å². The topological polar surface area (TPSA) is 66.4 Å². The van der Waals surface area contributed by atoms with Gasteiger partial charge in [-0.1, -0.05) is 52.4 Å². The van der Waals surface area contributed by atoms with Crippen molar-refractivity contribution in [3.05, 3.63) is 0 Å². The number of carbonyl (C=O) groups excluding carboxylic acids is 1. The van der Waals surface area contributed by atoms with Crippen LogP contribution >= 0.6 is 0 Å². The lowest BCUT2D eigenvalue weighted by atomic mass is 9.86. The molecule has 4 nitrogen and oxygen atoms in total. The van der Waals surface area contributed by atoms with Gasteiger partial charge in [0.25, 0.3) is 0 Å². The summed E-state index contributed by atoms with van der Waals surface area (Å²) in [6.07, 6.45) is 9.79. The van der Waals surface area contributed by atoms with E-state index in [0.29, 0.717) is 6.42 Å². The van der Waals surface area contributed by atoms with Gasteiger partial charge in [-0.05, 0) is 24.7 Å². The van der Waals surface area contributed by atoms with Crippen molar-refractivity contribution >= 4 is 11.9 Å². The molecule has 1 fully saturated rings. The van der Waals surface area contributed by atoms with E-state index in [1.165, 1.54) is 32.1 Å². The number of carbonyl (C=O) groups is 2. The van der Waals surface area contributed by atoms with Gasteiger partial charge in [-0.2, -0.15) is 0 Å². The van der Waals surface area contributed by atoms with Gasteiger partial charge >= 0.3 is 5.97 Å². The predicted molar refractivity (Wildman–Crippen MR) is 79.4 cm³/mol. The van der Waals surface area contributed by atoms with E-state index in [1.54, 1.807) is 0 Å². The summed E-state index contributed by atoms with van der Waals surface area (Å²) in [5, 5.41) is 11.8. The van der Waals surface area contributed by atoms with E-state index in [-0.39, 0.29) is 11.8 Å². The fraction of sp³-hybridized carbons (Fsp3) is 0.875. The summed E-state index contributed by atoms with van der Waals surface area (Å²) in [6, 6.07) is -0.748. The molecule has 1 amide bonds. The Morgan fingerprint density at radius 2 is 1.90 bits per heavy atom. The Balaban J connectivity index is 2.25. The van der Waals surface area contributed by atoms with Crippen molar-refractivity contribution < 1.29 is 14.7 Å². The molecule has 0 spiro atoms. The Bertz CT molecular complexity index is 311. The van der Waals surface area contributed by atoms with Crippen LogP contribution in [0.2, 0.25) is 0 Å². The second-order valence-corrected chi connectivity index (χ2v) is 6.17. The Kier molecular flexibility index (Phi) is 7.63. The van der Waals surface area contributed by atoms with Gasteiger partial charge in [0.2, 0.25) is 5.91 Å². The maximum Gasteiger partial charge on any atom is 0.326 e. The van der Waals surface area contributed by atoms with Gasteiger partial charge in [-0.15, -0.1) is 0 Å². The third-order valence-corrected chi connectivity index (χ3v) is 4.54. The molecule has 0 aromatic heterocycles. The maximum atomic E-state index is 11.8. The Morgan fingerprint density at radius 1 is 1.25 bits per heavy atom. The van der Waals surface area contributed by atoms with Crippen LogP contribution in [0.15, 0.2) is 0 Å². The Labute approximate surface area is 122 Å². The first-order chi connectivity index (χ1) is 9.54. The predicted octanol–water partition coefficient (Wildman–Crippen LogP) is 3.35. The molecule has 0 aromatic rings. The van der Waals surface area contributed by atoms with Crippen molar-refractivity contribution in [3.63, 3.8) is 0 Å². The minimum atomic E-state index is -0.931. The lowest BCUT2D eigenvalue weighted by molar-refractivity contribution is -0.143. The van der Waals surface area contributed by atoms with Gasteiger partial charge in [0.1, 0.15) is 6.04 Å². The molecule has 0 saturated heterocycles. The lowest BCUT2D eigenvalue weighted by Gasteiger charge is -2.22. The van der Waals surface area contributed by atoms with E-state index < -0.39 is 12.0 Å². The standard InChI is InChI=1S/C16H29NO3/c1-3-12(2)15(16(19)20)17-14(18)11-7-10-13-8-5-4-6-9-13/h12-13,15H,3-11H2,1-2H3,(H,17,18)(H,19,20). The quantitative estimate of drug-likeness (QED) is 0.718. The van der Waals surface area contributed by atoms with Gasteiger partial charge < -0.3 is 10.4 Å². The number of amides is 1. The van der Waals surface area contributed by atoms with Crippen molar-refractivity contribution in [1.29, 1.82) is 0 Å². The van der Waals surface area contributed by atoms with Crippen molar-refractivity contribution in [3.8, 4) is 0 Å². The molecule has 1 aliphatic rings. The molecule has 116 valence electrons. The summed E-state index contributed by atoms with van der Waals surface area (Å²) in [6.45, 7) is 3.80. The lowest BCUT2D eigenvalue weighted by Crippen LogP contribution is -2.44. The number of carboxylic acids is 1. The first-order valence-corrected chi connectivity index (χ1v) is 8.06. The second-order valence-electron chi connectivity index (χ2n) is 6.17. The molecule has 1 aliphatic carbocycles. The zero-order valence-corrected chi connectivity index (χ0v) is 12.9. The molecule has 2 N–H and O–H groups in total. The Hall–Kier alpha value is -1.06. The highest BCUT2D eigenvalue weighted by Crippen LogP contribution is 2.27. The van der Waals surface area contributed by atoms with E-state index in [0.717, 1.165) is 25.2 Å². The van der Waals surface area contributed by atoms with Gasteiger partial charge in [-0.3, -0.25) is 4.79 Å². The first kappa shape index (κ1) is 17.0. The van der Waals surface area contributed by atoms with E-state index in [4.69, 9.17) is 5.11 Å². The van der Waals surface area contributed by atoms with Gasteiger partial charge in [0.05, 0.1) is 0 Å². The highest BCUT2D eigenvalue weighted by Gasteiger charge is 2.25. The zero-order chi connectivity index (χ0) is 15.0. The van der Waals surface area contributed by atoms with Crippen LogP contribution in [0.25, 0.3) is 0 Å². The fourth-order valence-electron chi connectivity index (χ4n) is 2.96. The van der Waals surface area contributed by atoms with Gasteiger partial charge in [-0.25, -0.2) is 4.79 Å². The number of nitrogens with one attached hydrogen (secondary N) is 1. The third kappa shape index (κ3) is 5.93. The average molecular weight is 283 g/mol. The van der Waals surface area contributed by atoms with Crippen LogP contribution in [0.3, 0.4) is 0 Å². The van der Waals surface area contributed by atoms with Crippen LogP contribution in [0.4, 0.5) is 0 Å². The van der Waals surface area contributed by atoms with Gasteiger partial charge in [0.15, 0.2) is 0 Å². The van der Waals surface area contributed by atoms with Crippen molar-refractivity contribution in [2.45, 2.75) is 77.7 Å². The number of carboxylic acid groups (broad SMARTS) is 1. The first-order valence-electron chi connectivity index (χ1n) is 8.06. The summed E-state index contributed by atoms with van der Waals surface area (Å²) in [4.78, 5) is 23.0. The molecule has 2 atom stereocenters. The highest BCUT2D eigenvalue weighted by atomic mass is 16.4. The summed E-state index contributed by atoms with van der Waals surface area (Å²) < 4.78 is 0. The number of rotatable bonds is 8. The SMILES string of the molecule is CCC(C)C(NC(=O)CCCC1CCCCC1)C(=O)O. The third-order valence-electron chi connectivity index (χ3n) is 4.54. The highest BCUT2D eigenvalue weighted by molar-refractivity contribution is 5.83. The number of hydrogen-bond donors (Lipinski definition) is 2. The van der Waals surface area contributed by atoms with Crippen LogP contribution in [0, 0.1) is 11.8 Å². The zero-order valence-electron chi connectivity index (χ0n) is 12.9. The molecule has 4 heteroatoms. The molecule has 0 bridgehead atoms. The maximum absolute atomic E-state index is 11.8. The molecule has 0 heterocycles. The van der Waals surface area contributed by atoms with Crippen LogP contribution in [-0.4, -0.2) is 23.0 Å². The summed E-state index contributed by atoms with van der Waals surface area (Å²) in [5.41, 5.74) is 0. The molecule has 1 rings (SSSR count). The molecule has 0 aromatic carbocycles. The monoisotopic (exact) mass is 283 g/mol. The molecule has 0 aliphatic heterocycles. The van der Waals surface area contributed by atoms with Crippen LogP contribution < -0.4 is 5.32 Å². The van der Waals surface area contributed by atoms with Gasteiger partial charge in [0, 0.05) is 6.42 Å². The fourth-order valence-corrected chi connectivity index (χ4v) is 2.96. The average Bonchev–Trinajstić information content (AvgIpc) is 2.45. The molecule has 2 unspecified atom stereocenters.